The minimum Gasteiger partial charge on any atom is -0.383 e. The number of hydrogen-bond acceptors (Lipinski definition) is 8. The number of nitrogens with one attached hydrogen (secondary N) is 3. The van der Waals surface area contributed by atoms with E-state index in [4.69, 9.17) is 4.74 Å². The highest BCUT2D eigenvalue weighted by molar-refractivity contribution is 6.10. The van der Waals surface area contributed by atoms with E-state index >= 15 is 0 Å². The Labute approximate surface area is 191 Å². The van der Waals surface area contributed by atoms with Crippen LogP contribution in [0.2, 0.25) is 0 Å². The van der Waals surface area contributed by atoms with Crippen molar-refractivity contribution in [2.24, 2.45) is 7.05 Å². The van der Waals surface area contributed by atoms with Crippen LogP contribution in [0, 0.1) is 0 Å². The number of carbonyl (C=O) groups excluding carboxylic acids is 2. The van der Waals surface area contributed by atoms with Crippen LogP contribution in [0.15, 0.2) is 37.1 Å². The molecule has 0 radical (unpaired) electrons. The van der Waals surface area contributed by atoms with Crippen LogP contribution in [-0.2, 0) is 11.8 Å². The Kier molecular flexibility index (Phi) is 6.59. The van der Waals surface area contributed by atoms with Crippen molar-refractivity contribution in [1.29, 1.82) is 0 Å². The van der Waals surface area contributed by atoms with E-state index in [-0.39, 0.29) is 23.1 Å². The number of aryl methyl sites for hydroxylation is 1. The van der Waals surface area contributed by atoms with Gasteiger partial charge in [0.25, 0.3) is 11.8 Å². The molecule has 172 valence electrons. The Balaban J connectivity index is 1.59. The van der Waals surface area contributed by atoms with Crippen LogP contribution in [0.5, 0.6) is 0 Å². The van der Waals surface area contributed by atoms with Gasteiger partial charge in [0, 0.05) is 38.0 Å². The number of nitrogens with zero attached hydrogens (tertiary/aromatic N) is 5. The summed E-state index contributed by atoms with van der Waals surface area (Å²) in [5.74, 6) is -0.494. The molecule has 4 rings (SSSR count). The Morgan fingerprint density at radius 1 is 1.15 bits per heavy atom. The first kappa shape index (κ1) is 22.3. The lowest BCUT2D eigenvalue weighted by molar-refractivity contribution is 0.0900. The maximum absolute atomic E-state index is 13.3. The number of hydrogen-bond donors (Lipinski definition) is 3. The van der Waals surface area contributed by atoms with Crippen molar-refractivity contribution < 1.29 is 14.3 Å². The number of methoxy groups -OCH3 is 1. The largest absolute Gasteiger partial charge is 0.383 e. The molecule has 3 aromatic rings. The minimum atomic E-state index is -0.455. The SMILES string of the molecule is COCC(C)NC(=O)c1nn(C)cc1NC(=O)c1nc(C2CC2)ccc1Nc1cncnc1. The van der Waals surface area contributed by atoms with E-state index in [1.807, 2.05) is 19.1 Å². The lowest BCUT2D eigenvalue weighted by Gasteiger charge is -2.14. The Morgan fingerprint density at radius 3 is 2.61 bits per heavy atom. The summed E-state index contributed by atoms with van der Waals surface area (Å²) in [6.07, 6.45) is 8.33. The van der Waals surface area contributed by atoms with Crippen molar-refractivity contribution in [2.75, 3.05) is 24.4 Å². The van der Waals surface area contributed by atoms with Gasteiger partial charge in [-0.05, 0) is 31.9 Å². The molecule has 0 aliphatic heterocycles. The first-order valence-corrected chi connectivity index (χ1v) is 10.6. The van der Waals surface area contributed by atoms with Gasteiger partial charge < -0.3 is 20.7 Å². The van der Waals surface area contributed by atoms with Crippen molar-refractivity contribution in [3.8, 4) is 0 Å². The molecule has 1 atom stereocenters. The van der Waals surface area contributed by atoms with Gasteiger partial charge in [0.2, 0.25) is 0 Å². The van der Waals surface area contributed by atoms with Crippen molar-refractivity contribution in [1.82, 2.24) is 30.0 Å². The van der Waals surface area contributed by atoms with Gasteiger partial charge in [-0.3, -0.25) is 14.3 Å². The molecule has 0 bridgehead atoms. The number of rotatable bonds is 9. The summed E-state index contributed by atoms with van der Waals surface area (Å²) in [7, 11) is 3.24. The lowest BCUT2D eigenvalue weighted by atomic mass is 10.2. The highest BCUT2D eigenvalue weighted by atomic mass is 16.5. The summed E-state index contributed by atoms with van der Waals surface area (Å²) in [5.41, 5.74) is 2.62. The molecule has 0 spiro atoms. The van der Waals surface area contributed by atoms with Crippen LogP contribution in [0.1, 0.15) is 52.4 Å². The average Bonchev–Trinajstić information content (AvgIpc) is 3.57. The molecule has 1 saturated carbocycles. The molecular formula is C22H26N8O3. The molecule has 1 aliphatic rings. The molecular weight excluding hydrogens is 424 g/mol. The van der Waals surface area contributed by atoms with Crippen LogP contribution in [0.3, 0.4) is 0 Å². The van der Waals surface area contributed by atoms with Crippen LogP contribution in [0.25, 0.3) is 0 Å². The zero-order valence-electron chi connectivity index (χ0n) is 18.7. The molecule has 3 aromatic heterocycles. The normalized spacial score (nSPS) is 13.9. The molecule has 0 saturated heterocycles. The second-order valence-electron chi connectivity index (χ2n) is 8.01. The summed E-state index contributed by atoms with van der Waals surface area (Å²) in [5, 5.41) is 13.0. The summed E-state index contributed by atoms with van der Waals surface area (Å²) >= 11 is 0. The minimum absolute atomic E-state index is 0.109. The van der Waals surface area contributed by atoms with E-state index in [1.54, 1.807) is 32.7 Å². The zero-order chi connectivity index (χ0) is 23.4. The maximum atomic E-state index is 13.3. The first-order valence-electron chi connectivity index (χ1n) is 10.6. The van der Waals surface area contributed by atoms with Crippen molar-refractivity contribution in [3.63, 3.8) is 0 Å². The number of aromatic nitrogens is 5. The number of ether oxygens (including phenoxy) is 1. The third-order valence-electron chi connectivity index (χ3n) is 5.05. The predicted molar refractivity (Wildman–Crippen MR) is 121 cm³/mol. The monoisotopic (exact) mass is 450 g/mol. The second-order valence-corrected chi connectivity index (χ2v) is 8.01. The van der Waals surface area contributed by atoms with Crippen LogP contribution in [0.4, 0.5) is 17.1 Å². The van der Waals surface area contributed by atoms with Crippen molar-refractivity contribution >= 4 is 28.9 Å². The van der Waals surface area contributed by atoms with Crippen molar-refractivity contribution in [2.45, 2.75) is 31.7 Å². The van der Waals surface area contributed by atoms with Gasteiger partial charge in [0.05, 0.1) is 36.1 Å². The standard InChI is InChI=1S/C22H26N8O3/c1-13(11-33-3)25-22(32)20-18(10-30(2)29-20)28-21(31)19-17(26-15-8-23-12-24-9-15)7-6-16(27-19)14-4-5-14/h6-10,12-14,26H,4-5,11H2,1-3H3,(H,25,32)(H,28,31). The third kappa shape index (κ3) is 5.50. The predicted octanol–water partition coefficient (Wildman–Crippen LogP) is 2.24. The smallest absolute Gasteiger partial charge is 0.276 e. The fourth-order valence-corrected chi connectivity index (χ4v) is 3.39. The van der Waals surface area contributed by atoms with E-state index in [0.29, 0.717) is 23.9 Å². The first-order chi connectivity index (χ1) is 15.9. The fourth-order valence-electron chi connectivity index (χ4n) is 3.39. The Hall–Kier alpha value is -3.86. The van der Waals surface area contributed by atoms with Crippen LogP contribution in [-0.4, -0.2) is 56.3 Å². The zero-order valence-corrected chi connectivity index (χ0v) is 18.7. The number of carbonyl (C=O) groups is 2. The molecule has 3 N–H and O–H groups in total. The summed E-state index contributed by atoms with van der Waals surface area (Å²) in [4.78, 5) is 38.6. The van der Waals surface area contributed by atoms with E-state index < -0.39 is 11.8 Å². The Morgan fingerprint density at radius 2 is 1.91 bits per heavy atom. The summed E-state index contributed by atoms with van der Waals surface area (Å²) in [6.45, 7) is 2.18. The van der Waals surface area contributed by atoms with Gasteiger partial charge in [0.15, 0.2) is 11.4 Å². The van der Waals surface area contributed by atoms with Gasteiger partial charge in [0.1, 0.15) is 6.33 Å². The van der Waals surface area contributed by atoms with E-state index in [2.05, 4.69) is 36.0 Å². The topological polar surface area (TPSA) is 136 Å². The molecule has 1 aliphatic carbocycles. The quantitative estimate of drug-likeness (QED) is 0.452. The Bertz CT molecular complexity index is 1140. The molecule has 11 heteroatoms. The van der Waals surface area contributed by atoms with Crippen molar-refractivity contribution in [3.05, 3.63) is 54.1 Å². The number of amides is 2. The second kappa shape index (κ2) is 9.74. The molecule has 1 fully saturated rings. The molecule has 2 amide bonds. The maximum Gasteiger partial charge on any atom is 0.276 e. The van der Waals surface area contributed by atoms with Crippen LogP contribution >= 0.6 is 0 Å². The van der Waals surface area contributed by atoms with Gasteiger partial charge in [-0.25, -0.2) is 15.0 Å². The van der Waals surface area contributed by atoms with E-state index in [1.165, 1.54) is 11.0 Å². The van der Waals surface area contributed by atoms with Gasteiger partial charge in [-0.2, -0.15) is 5.10 Å². The number of anilines is 3. The van der Waals surface area contributed by atoms with Crippen LogP contribution < -0.4 is 16.0 Å². The highest BCUT2D eigenvalue weighted by Crippen LogP contribution is 2.39. The fraction of sp³-hybridized carbons (Fsp3) is 0.364. The average molecular weight is 451 g/mol. The molecule has 1 unspecified atom stereocenters. The number of pyridine rings is 1. The molecule has 33 heavy (non-hydrogen) atoms. The van der Waals surface area contributed by atoms with Gasteiger partial charge in [-0.1, -0.05) is 0 Å². The lowest BCUT2D eigenvalue weighted by Crippen LogP contribution is -2.36. The summed E-state index contributed by atoms with van der Waals surface area (Å²) in [6, 6.07) is 3.53. The molecule has 11 nitrogen and oxygen atoms in total. The third-order valence-corrected chi connectivity index (χ3v) is 5.05. The highest BCUT2D eigenvalue weighted by Gasteiger charge is 2.28. The summed E-state index contributed by atoms with van der Waals surface area (Å²) < 4.78 is 6.53. The molecule has 0 aromatic carbocycles. The molecule has 3 heterocycles. The van der Waals surface area contributed by atoms with E-state index in [9.17, 15) is 9.59 Å². The van der Waals surface area contributed by atoms with Gasteiger partial charge in [-0.15, -0.1) is 0 Å². The van der Waals surface area contributed by atoms with Gasteiger partial charge >= 0.3 is 0 Å². The van der Waals surface area contributed by atoms with E-state index in [0.717, 1.165) is 18.5 Å².